The first kappa shape index (κ1) is 35.7. The van der Waals surface area contributed by atoms with Crippen molar-refractivity contribution >= 4 is 34.3 Å². The second kappa shape index (κ2) is 15.4. The van der Waals surface area contributed by atoms with Crippen LogP contribution in [0.1, 0.15) is 77.1 Å². The topological polar surface area (TPSA) is 68.3 Å². The van der Waals surface area contributed by atoms with Crippen molar-refractivity contribution in [1.82, 2.24) is 29.6 Å². The van der Waals surface area contributed by atoms with E-state index in [9.17, 15) is 9.18 Å². The van der Waals surface area contributed by atoms with E-state index in [-0.39, 0.29) is 23.6 Å². The minimum atomic E-state index is -0.471. The Morgan fingerprint density at radius 2 is 1.65 bits per heavy atom. The molecule has 1 aromatic heterocycles. The minimum absolute atomic E-state index is 0.0419. The predicted molar refractivity (Wildman–Crippen MR) is 197 cm³/mol. The van der Waals surface area contributed by atoms with Gasteiger partial charge in [0, 0.05) is 56.8 Å². The van der Waals surface area contributed by atoms with Crippen molar-refractivity contribution in [3.63, 3.8) is 0 Å². The molecule has 5 heterocycles. The van der Waals surface area contributed by atoms with Gasteiger partial charge in [0.05, 0.1) is 5.56 Å². The van der Waals surface area contributed by atoms with Crippen molar-refractivity contribution in [2.24, 2.45) is 17.3 Å². The standard InChI is InChI=1S/C37H55FIN7O2/c1-26(2)46(27(3)4)36(47)31-20-30(38)6-7-32(31)48-33-34(39)40-25-41-35(33)45-23-37(24-45)11-16-44(17-12-37)22-29-9-14-42(15-10-29)18-19-43-13-8-28(5)21-43/h6-7,20,25-29H,8-19,21-24H2,1-5H3/t28-/m1/s1. The molecule has 4 saturated heterocycles. The van der Waals surface area contributed by atoms with Crippen LogP contribution in [0.2, 0.25) is 0 Å². The van der Waals surface area contributed by atoms with Crippen molar-refractivity contribution < 1.29 is 13.9 Å². The van der Waals surface area contributed by atoms with Gasteiger partial charge in [-0.05, 0) is 145 Å². The number of amides is 1. The number of hydrogen-bond acceptors (Lipinski definition) is 8. The van der Waals surface area contributed by atoms with Gasteiger partial charge in [0.2, 0.25) is 5.75 Å². The average molecular weight is 776 g/mol. The molecule has 1 amide bonds. The minimum Gasteiger partial charge on any atom is -0.450 e. The van der Waals surface area contributed by atoms with E-state index in [1.807, 2.05) is 27.7 Å². The zero-order valence-corrected chi connectivity index (χ0v) is 31.8. The summed E-state index contributed by atoms with van der Waals surface area (Å²) in [7, 11) is 0. The summed E-state index contributed by atoms with van der Waals surface area (Å²) in [6, 6.07) is 4.07. The summed E-state index contributed by atoms with van der Waals surface area (Å²) in [5.74, 6) is 2.54. The van der Waals surface area contributed by atoms with Crippen molar-refractivity contribution in [2.75, 3.05) is 76.9 Å². The van der Waals surface area contributed by atoms with Crippen molar-refractivity contribution in [3.05, 3.63) is 39.6 Å². The molecule has 264 valence electrons. The molecule has 1 aromatic carbocycles. The summed E-state index contributed by atoms with van der Waals surface area (Å²) in [4.78, 5) is 34.8. The maximum atomic E-state index is 14.5. The second-order valence-electron chi connectivity index (χ2n) is 15.6. The van der Waals surface area contributed by atoms with E-state index in [1.165, 1.54) is 90.1 Å². The predicted octanol–water partition coefficient (Wildman–Crippen LogP) is 6.23. The monoisotopic (exact) mass is 775 g/mol. The highest BCUT2D eigenvalue weighted by Crippen LogP contribution is 2.46. The van der Waals surface area contributed by atoms with Crippen molar-refractivity contribution in [1.29, 1.82) is 0 Å². The van der Waals surface area contributed by atoms with Gasteiger partial charge in [0.1, 0.15) is 21.6 Å². The lowest BCUT2D eigenvalue weighted by Crippen LogP contribution is -2.61. The fourth-order valence-electron chi connectivity index (χ4n) is 8.44. The van der Waals surface area contributed by atoms with Crippen molar-refractivity contribution in [2.45, 2.75) is 78.8 Å². The van der Waals surface area contributed by atoms with Gasteiger partial charge in [0.25, 0.3) is 5.91 Å². The van der Waals surface area contributed by atoms with Crippen LogP contribution in [0.5, 0.6) is 11.5 Å². The third-order valence-corrected chi connectivity index (χ3v) is 12.0. The molecule has 0 aliphatic carbocycles. The van der Waals surface area contributed by atoms with Crippen LogP contribution in [0.15, 0.2) is 24.5 Å². The molecule has 0 saturated carbocycles. The summed E-state index contributed by atoms with van der Waals surface area (Å²) in [5.41, 5.74) is 0.505. The number of anilines is 1. The lowest BCUT2D eigenvalue weighted by atomic mass is 9.72. The Morgan fingerprint density at radius 1 is 0.979 bits per heavy atom. The van der Waals surface area contributed by atoms with Gasteiger partial charge in [0.15, 0.2) is 5.82 Å². The molecule has 6 rings (SSSR count). The molecule has 1 atom stereocenters. The molecule has 0 unspecified atom stereocenters. The van der Waals surface area contributed by atoms with Crippen LogP contribution in [0.25, 0.3) is 0 Å². The number of aromatic nitrogens is 2. The number of likely N-dealkylation sites (tertiary alicyclic amines) is 3. The van der Waals surface area contributed by atoms with E-state index in [2.05, 4.69) is 59.1 Å². The number of rotatable bonds is 11. The Balaban J connectivity index is 1.02. The van der Waals surface area contributed by atoms with Gasteiger partial charge in [-0.1, -0.05) is 6.92 Å². The molecule has 0 N–H and O–H groups in total. The second-order valence-corrected chi connectivity index (χ2v) is 16.6. The SMILES string of the molecule is CC(C)N(C(=O)c1cc(F)ccc1Oc1c(I)ncnc1N1CC2(CCN(CC3CCN(CCN4CC[C@@H](C)C4)CC3)CC2)C1)C(C)C. The van der Waals surface area contributed by atoms with E-state index >= 15 is 0 Å². The van der Waals surface area contributed by atoms with Gasteiger partial charge < -0.3 is 29.2 Å². The van der Waals surface area contributed by atoms with Gasteiger partial charge in [-0.15, -0.1) is 0 Å². The smallest absolute Gasteiger partial charge is 0.258 e. The number of piperidine rings is 2. The molecule has 4 aliphatic rings. The lowest BCUT2D eigenvalue weighted by Gasteiger charge is -2.55. The number of carbonyl (C=O) groups excluding carboxylic acids is 1. The van der Waals surface area contributed by atoms with E-state index < -0.39 is 5.82 Å². The molecule has 2 aromatic rings. The number of nitrogens with zero attached hydrogens (tertiary/aromatic N) is 7. The van der Waals surface area contributed by atoms with Gasteiger partial charge >= 0.3 is 0 Å². The summed E-state index contributed by atoms with van der Waals surface area (Å²) in [6.45, 7) is 23.2. The van der Waals surface area contributed by atoms with Gasteiger partial charge in [-0.2, -0.15) is 0 Å². The largest absolute Gasteiger partial charge is 0.450 e. The van der Waals surface area contributed by atoms with Crippen LogP contribution in [-0.2, 0) is 0 Å². The average Bonchev–Trinajstić information content (AvgIpc) is 3.46. The quantitative estimate of drug-likeness (QED) is 0.197. The maximum absolute atomic E-state index is 14.5. The molecule has 9 nitrogen and oxygen atoms in total. The van der Waals surface area contributed by atoms with E-state index in [0.717, 1.165) is 43.8 Å². The Bertz CT molecular complexity index is 1390. The Labute approximate surface area is 300 Å². The number of benzene rings is 1. The zero-order valence-electron chi connectivity index (χ0n) is 29.6. The normalized spacial score (nSPS) is 22.5. The van der Waals surface area contributed by atoms with Gasteiger partial charge in [-0.25, -0.2) is 14.4 Å². The molecule has 11 heteroatoms. The van der Waals surface area contributed by atoms with Gasteiger partial charge in [-0.3, -0.25) is 4.79 Å². The molecule has 1 spiro atoms. The van der Waals surface area contributed by atoms with E-state index in [0.29, 0.717) is 20.6 Å². The van der Waals surface area contributed by atoms with Crippen LogP contribution in [-0.4, -0.2) is 120 Å². The Kier molecular flexibility index (Phi) is 11.5. The third kappa shape index (κ3) is 8.26. The highest BCUT2D eigenvalue weighted by molar-refractivity contribution is 14.1. The molecule has 48 heavy (non-hydrogen) atoms. The molecule has 4 aliphatic heterocycles. The summed E-state index contributed by atoms with van der Waals surface area (Å²) >= 11 is 2.16. The number of carbonyl (C=O) groups is 1. The fraction of sp³-hybridized carbons (Fsp3) is 0.703. The highest BCUT2D eigenvalue weighted by atomic mass is 127. The van der Waals surface area contributed by atoms with Crippen LogP contribution in [0, 0.1) is 26.8 Å². The first-order chi connectivity index (χ1) is 23.0. The number of halogens is 2. The van der Waals surface area contributed by atoms with Crippen LogP contribution in [0.4, 0.5) is 10.2 Å². The summed E-state index contributed by atoms with van der Waals surface area (Å²) < 4.78 is 21.6. The maximum Gasteiger partial charge on any atom is 0.258 e. The molecule has 4 fully saturated rings. The van der Waals surface area contributed by atoms with Crippen LogP contribution < -0.4 is 9.64 Å². The first-order valence-corrected chi connectivity index (χ1v) is 19.3. The van der Waals surface area contributed by atoms with E-state index in [4.69, 9.17) is 4.74 Å². The summed E-state index contributed by atoms with van der Waals surface area (Å²) in [6.07, 6.45) is 8.00. The third-order valence-electron chi connectivity index (χ3n) is 11.2. The van der Waals surface area contributed by atoms with Crippen molar-refractivity contribution in [3.8, 4) is 11.5 Å². The molecule has 0 radical (unpaired) electrons. The van der Waals surface area contributed by atoms with E-state index in [1.54, 1.807) is 17.3 Å². The number of ether oxygens (including phenoxy) is 1. The molecular formula is C37H55FIN7O2. The van der Waals surface area contributed by atoms with Crippen LogP contribution in [0.3, 0.4) is 0 Å². The van der Waals surface area contributed by atoms with Crippen LogP contribution >= 0.6 is 22.6 Å². The Hall–Kier alpha value is -2.09. The fourth-order valence-corrected chi connectivity index (χ4v) is 8.91. The summed E-state index contributed by atoms with van der Waals surface area (Å²) in [5, 5.41) is 0. The zero-order chi connectivity index (χ0) is 34.0. The molecule has 0 bridgehead atoms. The lowest BCUT2D eigenvalue weighted by molar-refractivity contribution is 0.0561. The number of hydrogen-bond donors (Lipinski definition) is 0. The Morgan fingerprint density at radius 3 is 2.29 bits per heavy atom. The first-order valence-electron chi connectivity index (χ1n) is 18.2. The highest BCUT2D eigenvalue weighted by Gasteiger charge is 2.46. The molecular weight excluding hydrogens is 720 g/mol.